The Labute approximate surface area is 105 Å². The van der Waals surface area contributed by atoms with Crippen LogP contribution >= 0.6 is 11.6 Å². The van der Waals surface area contributed by atoms with E-state index in [1.165, 1.54) is 12.3 Å². The first kappa shape index (κ1) is 13.8. The van der Waals surface area contributed by atoms with Gasteiger partial charge in [-0.15, -0.1) is 11.6 Å². The fourth-order valence-electron chi connectivity index (χ4n) is 1.47. The lowest BCUT2D eigenvalue weighted by Crippen LogP contribution is -2.46. The zero-order valence-corrected chi connectivity index (χ0v) is 10.8. The molecule has 0 spiro atoms. The first-order valence-electron chi connectivity index (χ1n) is 5.58. The summed E-state index contributed by atoms with van der Waals surface area (Å²) >= 11 is 5.71. The van der Waals surface area contributed by atoms with E-state index in [0.29, 0.717) is 17.9 Å². The van der Waals surface area contributed by atoms with Gasteiger partial charge in [-0.25, -0.2) is 0 Å². The molecule has 1 atom stereocenters. The molecule has 1 unspecified atom stereocenters. The summed E-state index contributed by atoms with van der Waals surface area (Å²) in [5.41, 5.74) is -0.252. The number of amides is 1. The fraction of sp³-hybridized carbons (Fsp3) is 0.500. The number of alkyl halides is 1. The van der Waals surface area contributed by atoms with Crippen LogP contribution in [0.25, 0.3) is 0 Å². The lowest BCUT2D eigenvalue weighted by Gasteiger charge is -2.28. The maximum absolute atomic E-state index is 11.9. The summed E-state index contributed by atoms with van der Waals surface area (Å²) in [6, 6.07) is 2.86. The normalized spacial score (nSPS) is 14.1. The van der Waals surface area contributed by atoms with E-state index in [4.69, 9.17) is 11.6 Å². The van der Waals surface area contributed by atoms with Crippen molar-refractivity contribution >= 4 is 17.5 Å². The molecule has 0 aliphatic rings. The van der Waals surface area contributed by atoms with Crippen molar-refractivity contribution in [3.05, 3.63) is 34.2 Å². The van der Waals surface area contributed by atoms with Gasteiger partial charge in [-0.3, -0.25) is 9.59 Å². The molecule has 0 aliphatic carbocycles. The van der Waals surface area contributed by atoms with E-state index in [1.807, 2.05) is 13.8 Å². The minimum absolute atomic E-state index is 0.245. The minimum atomic E-state index is -0.332. The van der Waals surface area contributed by atoms with Crippen molar-refractivity contribution in [3.63, 3.8) is 0 Å². The second-order valence-corrected chi connectivity index (χ2v) is 4.63. The number of hydrogen-bond acceptors (Lipinski definition) is 2. The molecule has 2 N–H and O–H groups in total. The second kappa shape index (κ2) is 5.87. The third-order valence-corrected chi connectivity index (χ3v) is 3.07. The number of aromatic amines is 1. The quantitative estimate of drug-likeness (QED) is 0.791. The molecule has 0 radical (unpaired) electrons. The van der Waals surface area contributed by atoms with Crippen LogP contribution < -0.4 is 10.9 Å². The molecule has 0 aliphatic heterocycles. The number of aromatic nitrogens is 1. The highest BCUT2D eigenvalue weighted by Gasteiger charge is 2.24. The molecular weight excluding hydrogens is 240 g/mol. The van der Waals surface area contributed by atoms with Crippen LogP contribution in [0.15, 0.2) is 23.1 Å². The molecule has 1 rings (SSSR count). The number of hydrogen-bond donors (Lipinski definition) is 2. The molecule has 1 aromatic heterocycles. The molecule has 1 amide bonds. The van der Waals surface area contributed by atoms with Gasteiger partial charge >= 0.3 is 0 Å². The van der Waals surface area contributed by atoms with E-state index >= 15 is 0 Å². The first-order chi connectivity index (χ1) is 8.00. The summed E-state index contributed by atoms with van der Waals surface area (Å²) in [5, 5.41) is 2.91. The molecular formula is C12H17ClN2O2. The van der Waals surface area contributed by atoms with Gasteiger partial charge in [0.1, 0.15) is 0 Å². The van der Waals surface area contributed by atoms with Gasteiger partial charge in [0, 0.05) is 29.2 Å². The van der Waals surface area contributed by atoms with Crippen LogP contribution in [0.4, 0.5) is 0 Å². The van der Waals surface area contributed by atoms with Gasteiger partial charge in [-0.1, -0.05) is 6.92 Å². The smallest absolute Gasteiger partial charge is 0.251 e. The van der Waals surface area contributed by atoms with Gasteiger partial charge in [0.15, 0.2) is 0 Å². The second-order valence-electron chi connectivity index (χ2n) is 4.25. The van der Waals surface area contributed by atoms with Crippen molar-refractivity contribution in [2.45, 2.75) is 32.2 Å². The summed E-state index contributed by atoms with van der Waals surface area (Å²) in [6.07, 6.45) is 2.94. The highest BCUT2D eigenvalue weighted by molar-refractivity contribution is 6.17. The molecule has 0 saturated heterocycles. The monoisotopic (exact) mass is 256 g/mol. The van der Waals surface area contributed by atoms with Crippen LogP contribution in [-0.2, 0) is 0 Å². The lowest BCUT2D eigenvalue weighted by atomic mass is 9.95. The van der Waals surface area contributed by atoms with Gasteiger partial charge in [0.2, 0.25) is 5.56 Å². The van der Waals surface area contributed by atoms with E-state index in [9.17, 15) is 9.59 Å². The molecule has 0 saturated carbocycles. The number of rotatable bonds is 5. The predicted molar refractivity (Wildman–Crippen MR) is 68.6 cm³/mol. The molecule has 0 fully saturated rings. The average molecular weight is 257 g/mol. The van der Waals surface area contributed by atoms with Gasteiger partial charge in [-0.05, 0) is 25.8 Å². The van der Waals surface area contributed by atoms with Crippen molar-refractivity contribution in [3.8, 4) is 0 Å². The van der Waals surface area contributed by atoms with Gasteiger partial charge in [-0.2, -0.15) is 0 Å². The fourth-order valence-corrected chi connectivity index (χ4v) is 1.89. The van der Waals surface area contributed by atoms with Crippen LogP contribution in [0.5, 0.6) is 0 Å². The summed E-state index contributed by atoms with van der Waals surface area (Å²) in [7, 11) is 0. The van der Waals surface area contributed by atoms with Crippen LogP contribution in [0.3, 0.4) is 0 Å². The molecule has 1 aromatic rings. The third kappa shape index (κ3) is 3.89. The van der Waals surface area contributed by atoms with E-state index in [-0.39, 0.29) is 17.0 Å². The van der Waals surface area contributed by atoms with Crippen LogP contribution in [0.2, 0.25) is 0 Å². The number of nitrogens with one attached hydrogen (secondary N) is 2. The van der Waals surface area contributed by atoms with Gasteiger partial charge in [0.25, 0.3) is 5.91 Å². The number of carbonyl (C=O) groups is 1. The molecule has 1 heterocycles. The molecule has 17 heavy (non-hydrogen) atoms. The molecule has 94 valence electrons. The maximum Gasteiger partial charge on any atom is 0.251 e. The van der Waals surface area contributed by atoms with Crippen molar-refractivity contribution in [1.82, 2.24) is 10.3 Å². The average Bonchev–Trinajstić information content (AvgIpc) is 2.29. The van der Waals surface area contributed by atoms with Crippen molar-refractivity contribution in [2.24, 2.45) is 0 Å². The molecule has 4 nitrogen and oxygen atoms in total. The zero-order chi connectivity index (χ0) is 12.9. The third-order valence-electron chi connectivity index (χ3n) is 2.88. The van der Waals surface area contributed by atoms with E-state index < -0.39 is 0 Å². The molecule has 0 aromatic carbocycles. The largest absolute Gasteiger partial charge is 0.347 e. The highest BCUT2D eigenvalue weighted by atomic mass is 35.5. The number of carbonyl (C=O) groups excluding carboxylic acids is 1. The molecule has 5 heteroatoms. The van der Waals surface area contributed by atoms with Gasteiger partial charge in [0.05, 0.1) is 0 Å². The lowest BCUT2D eigenvalue weighted by molar-refractivity contribution is 0.0901. The van der Waals surface area contributed by atoms with Crippen LogP contribution in [-0.4, -0.2) is 22.3 Å². The Kier molecular flexibility index (Phi) is 4.75. The SMILES string of the molecule is CCC(C)(CCCl)NC(=O)c1cc[nH]c(=O)c1. The first-order valence-corrected chi connectivity index (χ1v) is 6.11. The topological polar surface area (TPSA) is 62.0 Å². The van der Waals surface area contributed by atoms with E-state index in [1.54, 1.807) is 6.07 Å². The Balaban J connectivity index is 2.81. The Morgan fingerprint density at radius 3 is 2.82 bits per heavy atom. The van der Waals surface area contributed by atoms with Crippen molar-refractivity contribution in [2.75, 3.05) is 5.88 Å². The summed E-state index contributed by atoms with van der Waals surface area (Å²) in [4.78, 5) is 25.5. The highest BCUT2D eigenvalue weighted by Crippen LogP contribution is 2.15. The summed E-state index contributed by atoms with van der Waals surface area (Å²) < 4.78 is 0. The standard InChI is InChI=1S/C12H17ClN2O2/c1-3-12(2,5-6-13)15-11(17)9-4-7-14-10(16)8-9/h4,7-8H,3,5-6H2,1-2H3,(H,14,16)(H,15,17). The Bertz CT molecular complexity index is 444. The van der Waals surface area contributed by atoms with E-state index in [0.717, 1.165) is 6.42 Å². The number of halogens is 1. The van der Waals surface area contributed by atoms with Crippen LogP contribution in [0, 0.1) is 0 Å². The Hall–Kier alpha value is -1.29. The van der Waals surface area contributed by atoms with Crippen molar-refractivity contribution < 1.29 is 4.79 Å². The Morgan fingerprint density at radius 1 is 1.59 bits per heavy atom. The van der Waals surface area contributed by atoms with Crippen molar-refractivity contribution in [1.29, 1.82) is 0 Å². The van der Waals surface area contributed by atoms with E-state index in [2.05, 4.69) is 10.3 Å². The summed E-state index contributed by atoms with van der Waals surface area (Å²) in [6.45, 7) is 3.94. The maximum atomic E-state index is 11.9. The predicted octanol–water partition coefficient (Wildman–Crippen LogP) is 1.90. The number of H-pyrrole nitrogens is 1. The summed E-state index contributed by atoms with van der Waals surface area (Å²) in [5.74, 6) is 0.241. The minimum Gasteiger partial charge on any atom is -0.347 e. The van der Waals surface area contributed by atoms with Gasteiger partial charge < -0.3 is 10.3 Å². The molecule has 0 bridgehead atoms. The Morgan fingerprint density at radius 2 is 2.29 bits per heavy atom. The van der Waals surface area contributed by atoms with Crippen LogP contribution in [0.1, 0.15) is 37.0 Å². The zero-order valence-electron chi connectivity index (χ0n) is 10.0. The number of pyridine rings is 1.